The van der Waals surface area contributed by atoms with Gasteiger partial charge in [0.15, 0.2) is 5.13 Å². The van der Waals surface area contributed by atoms with Gasteiger partial charge >= 0.3 is 0 Å². The van der Waals surface area contributed by atoms with Crippen molar-refractivity contribution in [2.75, 3.05) is 10.5 Å². The molecule has 0 radical (unpaired) electrons. The fraction of sp³-hybridized carbons (Fsp3) is 0.357. The van der Waals surface area contributed by atoms with Crippen molar-refractivity contribution in [1.82, 2.24) is 4.98 Å². The second-order valence-corrected chi connectivity index (χ2v) is 7.99. The maximum atomic E-state index is 12.4. The molecule has 1 aliphatic carbocycles. The number of aryl methyl sites for hydroxylation is 3. The Bertz CT molecular complexity index is 758. The molecule has 0 fully saturated rings. The number of aromatic nitrogens is 1. The molecule has 1 aromatic carbocycles. The van der Waals surface area contributed by atoms with Gasteiger partial charge in [-0.3, -0.25) is 4.72 Å². The summed E-state index contributed by atoms with van der Waals surface area (Å²) in [5.74, 6) is 0. The Hall–Kier alpha value is -1.60. The van der Waals surface area contributed by atoms with Crippen LogP contribution in [0.25, 0.3) is 0 Å². The molecule has 5 nitrogen and oxygen atoms in total. The van der Waals surface area contributed by atoms with Gasteiger partial charge in [-0.2, -0.15) is 0 Å². The number of fused-ring (bicyclic) bond motifs is 1. The third kappa shape index (κ3) is 2.89. The topological polar surface area (TPSA) is 85.1 Å². The van der Waals surface area contributed by atoms with E-state index in [9.17, 15) is 8.42 Å². The second kappa shape index (κ2) is 5.31. The van der Waals surface area contributed by atoms with Crippen molar-refractivity contribution in [3.05, 3.63) is 34.3 Å². The molecule has 3 N–H and O–H groups in total. The van der Waals surface area contributed by atoms with Crippen LogP contribution in [0.1, 0.15) is 29.0 Å². The Morgan fingerprint density at radius 2 is 2.05 bits per heavy atom. The van der Waals surface area contributed by atoms with Crippen LogP contribution in [0.5, 0.6) is 0 Å². The number of thiazole rings is 1. The number of sulfonamides is 1. The minimum absolute atomic E-state index is 0.166. The molecule has 0 amide bonds. The van der Waals surface area contributed by atoms with E-state index in [2.05, 4.69) is 9.71 Å². The summed E-state index contributed by atoms with van der Waals surface area (Å²) in [4.78, 5) is 5.76. The molecule has 21 heavy (non-hydrogen) atoms. The van der Waals surface area contributed by atoms with Crippen LogP contribution >= 0.6 is 11.3 Å². The van der Waals surface area contributed by atoms with Gasteiger partial charge in [0.05, 0.1) is 10.6 Å². The number of nitrogen functional groups attached to an aromatic ring is 1. The van der Waals surface area contributed by atoms with E-state index >= 15 is 0 Å². The lowest BCUT2D eigenvalue weighted by molar-refractivity contribution is 0.601. The number of nitrogens with zero attached hydrogens (tertiary/aromatic N) is 1. The van der Waals surface area contributed by atoms with Crippen molar-refractivity contribution in [2.24, 2.45) is 0 Å². The largest absolute Gasteiger partial charge is 0.398 e. The van der Waals surface area contributed by atoms with Gasteiger partial charge in [-0.15, -0.1) is 11.3 Å². The maximum Gasteiger partial charge on any atom is 0.263 e. The molecule has 1 aromatic heterocycles. The molecule has 0 aliphatic heterocycles. The number of anilines is 2. The molecule has 112 valence electrons. The fourth-order valence-corrected chi connectivity index (χ4v) is 4.67. The van der Waals surface area contributed by atoms with E-state index in [0.29, 0.717) is 10.8 Å². The Morgan fingerprint density at radius 3 is 2.76 bits per heavy atom. The van der Waals surface area contributed by atoms with Crippen molar-refractivity contribution in [3.8, 4) is 0 Å². The van der Waals surface area contributed by atoms with Crippen LogP contribution in [-0.2, 0) is 22.9 Å². The van der Waals surface area contributed by atoms with Gasteiger partial charge < -0.3 is 5.73 Å². The predicted molar refractivity (Wildman–Crippen MR) is 85.2 cm³/mol. The molecule has 0 unspecified atom stereocenters. The molecule has 0 saturated carbocycles. The Labute approximate surface area is 128 Å². The number of rotatable bonds is 3. The minimum Gasteiger partial charge on any atom is -0.398 e. The molecule has 0 saturated heterocycles. The first-order valence-corrected chi connectivity index (χ1v) is 9.13. The first kappa shape index (κ1) is 14.3. The van der Waals surface area contributed by atoms with Crippen LogP contribution < -0.4 is 10.5 Å². The lowest BCUT2D eigenvalue weighted by Gasteiger charge is -2.07. The fourth-order valence-electron chi connectivity index (χ4n) is 2.36. The molecule has 3 rings (SSSR count). The van der Waals surface area contributed by atoms with Crippen molar-refractivity contribution < 1.29 is 8.42 Å². The summed E-state index contributed by atoms with van der Waals surface area (Å²) in [5.41, 5.74) is 8.15. The highest BCUT2D eigenvalue weighted by molar-refractivity contribution is 7.93. The number of benzene rings is 1. The highest BCUT2D eigenvalue weighted by Gasteiger charge is 2.20. The van der Waals surface area contributed by atoms with E-state index in [0.717, 1.165) is 36.9 Å². The zero-order valence-corrected chi connectivity index (χ0v) is 13.4. The van der Waals surface area contributed by atoms with E-state index in [1.807, 2.05) is 6.92 Å². The van der Waals surface area contributed by atoms with Crippen LogP contribution in [-0.4, -0.2) is 13.4 Å². The Morgan fingerprint density at radius 1 is 1.29 bits per heavy atom. The first-order chi connectivity index (χ1) is 9.95. The zero-order chi connectivity index (χ0) is 15.0. The van der Waals surface area contributed by atoms with Crippen molar-refractivity contribution in [2.45, 2.75) is 37.5 Å². The highest BCUT2D eigenvalue weighted by atomic mass is 32.2. The number of hydrogen-bond donors (Lipinski definition) is 2. The zero-order valence-electron chi connectivity index (χ0n) is 11.7. The van der Waals surface area contributed by atoms with Crippen LogP contribution in [0.2, 0.25) is 0 Å². The van der Waals surface area contributed by atoms with Gasteiger partial charge in [-0.05, 0) is 50.3 Å². The van der Waals surface area contributed by atoms with E-state index in [4.69, 9.17) is 5.73 Å². The van der Waals surface area contributed by atoms with E-state index in [1.54, 1.807) is 12.1 Å². The SMILES string of the molecule is Cc1ccc(S(=O)(=O)Nc2nc3c(s2)CCCC3)cc1N. The van der Waals surface area contributed by atoms with Crippen LogP contribution in [0.3, 0.4) is 0 Å². The van der Waals surface area contributed by atoms with Gasteiger partial charge in [0.2, 0.25) is 0 Å². The average Bonchev–Trinajstić information content (AvgIpc) is 2.82. The summed E-state index contributed by atoms with van der Waals surface area (Å²) < 4.78 is 27.3. The smallest absolute Gasteiger partial charge is 0.263 e. The molecular weight excluding hydrogens is 306 g/mol. The maximum absolute atomic E-state index is 12.4. The van der Waals surface area contributed by atoms with E-state index in [1.165, 1.54) is 22.3 Å². The molecular formula is C14H17N3O2S2. The van der Waals surface area contributed by atoms with E-state index in [-0.39, 0.29) is 4.90 Å². The van der Waals surface area contributed by atoms with Gasteiger partial charge in [0.25, 0.3) is 10.0 Å². The van der Waals surface area contributed by atoms with Gasteiger partial charge in [-0.1, -0.05) is 6.07 Å². The number of nitrogens with two attached hydrogens (primary N) is 1. The predicted octanol–water partition coefficient (Wildman–Crippen LogP) is 2.71. The third-order valence-corrected chi connectivity index (χ3v) is 6.17. The number of nitrogens with one attached hydrogen (secondary N) is 1. The average molecular weight is 323 g/mol. The minimum atomic E-state index is -3.63. The molecule has 1 heterocycles. The highest BCUT2D eigenvalue weighted by Crippen LogP contribution is 2.31. The summed E-state index contributed by atoms with van der Waals surface area (Å²) in [6.45, 7) is 1.84. The van der Waals surface area contributed by atoms with E-state index < -0.39 is 10.0 Å². The van der Waals surface area contributed by atoms with Crippen molar-refractivity contribution >= 4 is 32.2 Å². The summed E-state index contributed by atoms with van der Waals surface area (Å²) >= 11 is 1.43. The number of hydrogen-bond acceptors (Lipinski definition) is 5. The molecule has 0 atom stereocenters. The summed E-state index contributed by atoms with van der Waals surface area (Å²) in [6.07, 6.45) is 4.20. The molecule has 0 bridgehead atoms. The van der Waals surface area contributed by atoms with Gasteiger partial charge in [0, 0.05) is 10.6 Å². The Balaban J connectivity index is 1.88. The first-order valence-electron chi connectivity index (χ1n) is 6.83. The monoisotopic (exact) mass is 323 g/mol. The molecule has 7 heteroatoms. The summed E-state index contributed by atoms with van der Waals surface area (Å²) in [5, 5.41) is 0.445. The van der Waals surface area contributed by atoms with Crippen LogP contribution in [0.15, 0.2) is 23.1 Å². The van der Waals surface area contributed by atoms with Crippen LogP contribution in [0, 0.1) is 6.92 Å². The lowest BCUT2D eigenvalue weighted by Crippen LogP contribution is -2.13. The summed E-state index contributed by atoms with van der Waals surface area (Å²) in [6, 6.07) is 4.74. The van der Waals surface area contributed by atoms with Crippen LogP contribution in [0.4, 0.5) is 10.8 Å². The van der Waals surface area contributed by atoms with Crippen molar-refractivity contribution in [1.29, 1.82) is 0 Å². The lowest BCUT2D eigenvalue weighted by atomic mass is 10.0. The summed E-state index contributed by atoms with van der Waals surface area (Å²) in [7, 11) is -3.63. The second-order valence-electron chi connectivity index (χ2n) is 5.22. The Kier molecular flexibility index (Phi) is 3.62. The van der Waals surface area contributed by atoms with Gasteiger partial charge in [0.1, 0.15) is 0 Å². The molecule has 1 aliphatic rings. The normalized spacial score (nSPS) is 14.7. The molecule has 0 spiro atoms. The molecule has 2 aromatic rings. The standard InChI is InChI=1S/C14H17N3O2S2/c1-9-6-7-10(8-11(9)15)21(18,19)17-14-16-12-4-2-3-5-13(12)20-14/h6-8H,2-5,15H2,1H3,(H,16,17). The van der Waals surface area contributed by atoms with Crippen molar-refractivity contribution in [3.63, 3.8) is 0 Å². The quantitative estimate of drug-likeness (QED) is 0.851. The van der Waals surface area contributed by atoms with Gasteiger partial charge in [-0.25, -0.2) is 13.4 Å². The third-order valence-electron chi connectivity index (χ3n) is 3.63.